The first-order valence-corrected chi connectivity index (χ1v) is 12.9. The van der Waals surface area contributed by atoms with Gasteiger partial charge in [0.15, 0.2) is 5.78 Å². The number of benzene rings is 1. The van der Waals surface area contributed by atoms with E-state index in [2.05, 4.69) is 31.2 Å². The van der Waals surface area contributed by atoms with E-state index in [1.165, 1.54) is 24.5 Å². The van der Waals surface area contributed by atoms with Gasteiger partial charge in [-0.3, -0.25) is 9.59 Å². The lowest BCUT2D eigenvalue weighted by atomic mass is 9.99. The molecule has 1 fully saturated rings. The highest BCUT2D eigenvalue weighted by molar-refractivity contribution is 7.15. The predicted octanol–water partition coefficient (Wildman–Crippen LogP) is 3.14. The third-order valence-electron chi connectivity index (χ3n) is 5.69. The molecule has 1 aliphatic heterocycles. The van der Waals surface area contributed by atoms with Crippen molar-refractivity contribution >= 4 is 65.5 Å². The number of amides is 3. The van der Waals surface area contributed by atoms with Crippen LogP contribution in [0, 0.1) is 0 Å². The molecule has 1 saturated heterocycles. The number of thiophene rings is 1. The summed E-state index contributed by atoms with van der Waals surface area (Å²) in [5, 5.41) is 12.1. The Hall–Kier alpha value is -3.93. The Morgan fingerprint density at radius 1 is 1.05 bits per heavy atom. The van der Waals surface area contributed by atoms with Gasteiger partial charge < -0.3 is 26.2 Å². The molecule has 1 aliphatic rings. The fourth-order valence-corrected chi connectivity index (χ4v) is 4.57. The van der Waals surface area contributed by atoms with Gasteiger partial charge in [0, 0.05) is 43.8 Å². The zero-order valence-corrected chi connectivity index (χ0v) is 21.4. The van der Waals surface area contributed by atoms with Gasteiger partial charge in [0.1, 0.15) is 13.7 Å². The zero-order chi connectivity index (χ0) is 26.2. The van der Waals surface area contributed by atoms with Gasteiger partial charge in [-0.1, -0.05) is 6.07 Å². The van der Waals surface area contributed by atoms with Gasteiger partial charge in [0.05, 0.1) is 9.75 Å². The maximum atomic E-state index is 12.4. The topological polar surface area (TPSA) is 128 Å². The van der Waals surface area contributed by atoms with Crippen LogP contribution in [0.25, 0.3) is 0 Å². The Morgan fingerprint density at radius 3 is 2.57 bits per heavy atom. The molecule has 12 heteroatoms. The predicted molar refractivity (Wildman–Crippen MR) is 147 cm³/mol. The number of carbonyl (C=O) groups is 3. The summed E-state index contributed by atoms with van der Waals surface area (Å²) in [5.74, 6) is 0.574. The maximum Gasteiger partial charge on any atom is 0.321 e. The van der Waals surface area contributed by atoms with Crippen LogP contribution >= 0.6 is 11.3 Å². The summed E-state index contributed by atoms with van der Waals surface area (Å²) < 4.78 is 0. The second-order valence-electron chi connectivity index (χ2n) is 8.58. The van der Waals surface area contributed by atoms with Crippen LogP contribution in [0.2, 0.25) is 0 Å². The van der Waals surface area contributed by atoms with Crippen molar-refractivity contribution in [3.05, 3.63) is 52.3 Å². The van der Waals surface area contributed by atoms with E-state index in [1.54, 1.807) is 17.0 Å². The molecule has 0 saturated carbocycles. The first kappa shape index (κ1) is 26.1. The summed E-state index contributed by atoms with van der Waals surface area (Å²) in [6.07, 6.45) is 4.22. The maximum absolute atomic E-state index is 12.4. The molecular weight excluding hydrogens is 489 g/mol. The molecular formula is C25H28BN7O3S. The number of Topliss-reactive ketones (excluding diaryl/α,β-unsaturated/α-hetero) is 1. The number of aromatic nitrogens is 2. The van der Waals surface area contributed by atoms with Crippen molar-refractivity contribution in [2.24, 2.45) is 0 Å². The normalized spacial score (nSPS) is 12.7. The molecule has 10 nitrogen and oxygen atoms in total. The average Bonchev–Trinajstić information content (AvgIpc) is 3.59. The van der Waals surface area contributed by atoms with Crippen LogP contribution < -0.4 is 26.7 Å². The van der Waals surface area contributed by atoms with Crippen molar-refractivity contribution in [3.8, 4) is 0 Å². The number of nitrogens with zero attached hydrogens (tertiary/aromatic N) is 3. The number of anilines is 4. The van der Waals surface area contributed by atoms with Crippen LogP contribution in [-0.2, 0) is 0 Å². The Morgan fingerprint density at radius 2 is 1.81 bits per heavy atom. The lowest BCUT2D eigenvalue weighted by molar-refractivity contribution is 0.0957. The molecule has 3 amide bonds. The van der Waals surface area contributed by atoms with Gasteiger partial charge in [-0.15, -0.1) is 11.3 Å². The summed E-state index contributed by atoms with van der Waals surface area (Å²) in [6.45, 7) is 4.02. The number of carbonyl (C=O) groups excluding carboxylic acids is 3. The minimum absolute atomic E-state index is 0.0541. The molecule has 2 radical (unpaired) electrons. The zero-order valence-electron chi connectivity index (χ0n) is 20.5. The molecule has 1 aromatic carbocycles. The standard InChI is InChI=1S/C25H28BN7O3S/c1-16(34)20-8-9-21(37-20)23(35)28-11-5-10-27-22-19(26)15-29-24(32-22)30-17-6-4-7-18(14-17)31-25(36)33-12-2-3-13-33/h4,6-9,14-15H,2-3,5,10-13H2,1H3,(H,28,35)(H,31,36)(H2,27,29,30,32). The van der Waals surface area contributed by atoms with Crippen molar-refractivity contribution in [1.82, 2.24) is 20.2 Å². The number of nitrogens with one attached hydrogen (secondary N) is 4. The molecule has 190 valence electrons. The number of hydrogen-bond acceptors (Lipinski definition) is 8. The minimum atomic E-state index is -0.204. The van der Waals surface area contributed by atoms with Crippen molar-refractivity contribution < 1.29 is 14.4 Å². The van der Waals surface area contributed by atoms with Gasteiger partial charge in [-0.2, -0.15) is 4.98 Å². The largest absolute Gasteiger partial charge is 0.370 e. The Kier molecular flexibility index (Phi) is 8.73. The number of ketones is 1. The van der Waals surface area contributed by atoms with E-state index >= 15 is 0 Å². The van der Waals surface area contributed by atoms with Crippen molar-refractivity contribution in [2.45, 2.75) is 26.2 Å². The highest BCUT2D eigenvalue weighted by atomic mass is 32.1. The lowest BCUT2D eigenvalue weighted by Gasteiger charge is -2.16. The summed E-state index contributed by atoms with van der Waals surface area (Å²) in [5.41, 5.74) is 1.80. The van der Waals surface area contributed by atoms with E-state index in [0.29, 0.717) is 52.2 Å². The molecule has 0 aliphatic carbocycles. The highest BCUT2D eigenvalue weighted by Gasteiger charge is 2.18. The number of likely N-dealkylation sites (tertiary alicyclic amines) is 1. The third kappa shape index (κ3) is 7.29. The van der Waals surface area contributed by atoms with Crippen LogP contribution in [0.5, 0.6) is 0 Å². The molecule has 4 N–H and O–H groups in total. The van der Waals surface area contributed by atoms with E-state index in [1.807, 2.05) is 24.3 Å². The minimum Gasteiger partial charge on any atom is -0.370 e. The van der Waals surface area contributed by atoms with Crippen LogP contribution in [0.3, 0.4) is 0 Å². The van der Waals surface area contributed by atoms with Gasteiger partial charge in [0.25, 0.3) is 5.91 Å². The molecule has 0 unspecified atom stereocenters. The fraction of sp³-hybridized carbons (Fsp3) is 0.320. The average molecular weight is 517 g/mol. The molecule has 37 heavy (non-hydrogen) atoms. The second-order valence-corrected chi connectivity index (χ2v) is 9.67. The molecule has 4 rings (SSSR count). The van der Waals surface area contributed by atoms with Crippen LogP contribution in [0.4, 0.5) is 27.9 Å². The Bertz CT molecular complexity index is 1280. The smallest absolute Gasteiger partial charge is 0.321 e. The molecule has 2 aromatic heterocycles. The molecule has 0 atom stereocenters. The summed E-state index contributed by atoms with van der Waals surface area (Å²) in [4.78, 5) is 47.6. The highest BCUT2D eigenvalue weighted by Crippen LogP contribution is 2.20. The summed E-state index contributed by atoms with van der Waals surface area (Å²) >= 11 is 1.18. The Balaban J connectivity index is 1.26. The lowest BCUT2D eigenvalue weighted by Crippen LogP contribution is -2.32. The number of rotatable bonds is 10. The van der Waals surface area contributed by atoms with Gasteiger partial charge in [0.2, 0.25) is 5.95 Å². The monoisotopic (exact) mass is 517 g/mol. The quantitative estimate of drug-likeness (QED) is 0.185. The molecule has 0 bridgehead atoms. The van der Waals surface area contributed by atoms with Crippen LogP contribution in [0.1, 0.15) is 45.5 Å². The molecule has 0 spiro atoms. The van der Waals surface area contributed by atoms with Gasteiger partial charge >= 0.3 is 6.03 Å². The fourth-order valence-electron chi connectivity index (χ4n) is 3.75. The first-order chi connectivity index (χ1) is 17.9. The van der Waals surface area contributed by atoms with E-state index < -0.39 is 0 Å². The second kappa shape index (κ2) is 12.4. The first-order valence-electron chi connectivity index (χ1n) is 12.1. The van der Waals surface area contributed by atoms with E-state index in [0.717, 1.165) is 31.6 Å². The van der Waals surface area contributed by atoms with Crippen LogP contribution in [0.15, 0.2) is 42.6 Å². The SMILES string of the molecule is [B]c1cnc(Nc2cccc(NC(=O)N3CCCC3)c2)nc1NCCCNC(=O)c1ccc(C(C)=O)s1. The van der Waals surface area contributed by atoms with Crippen molar-refractivity contribution in [2.75, 3.05) is 42.1 Å². The van der Waals surface area contributed by atoms with Crippen LogP contribution in [-0.4, -0.2) is 66.6 Å². The van der Waals surface area contributed by atoms with Crippen molar-refractivity contribution in [3.63, 3.8) is 0 Å². The van der Waals surface area contributed by atoms with E-state index in [9.17, 15) is 14.4 Å². The molecule has 3 heterocycles. The van der Waals surface area contributed by atoms with Gasteiger partial charge in [-0.05, 0) is 62.0 Å². The van der Waals surface area contributed by atoms with Gasteiger partial charge in [-0.25, -0.2) is 9.78 Å². The number of hydrogen-bond donors (Lipinski definition) is 4. The number of urea groups is 1. The summed E-state index contributed by atoms with van der Waals surface area (Å²) in [7, 11) is 6.02. The summed E-state index contributed by atoms with van der Waals surface area (Å²) in [6, 6.07) is 10.6. The Labute approximate surface area is 220 Å². The third-order valence-corrected chi connectivity index (χ3v) is 6.87. The van der Waals surface area contributed by atoms with E-state index in [-0.39, 0.29) is 17.7 Å². The molecule has 3 aromatic rings. The van der Waals surface area contributed by atoms with Crippen molar-refractivity contribution in [1.29, 1.82) is 0 Å². The van der Waals surface area contributed by atoms with E-state index in [4.69, 9.17) is 7.85 Å².